The van der Waals surface area contributed by atoms with Gasteiger partial charge in [0.1, 0.15) is 29.4 Å². The largest absolute Gasteiger partial charge is 0.506 e. The van der Waals surface area contributed by atoms with E-state index in [2.05, 4.69) is 25.6 Å². The van der Waals surface area contributed by atoms with Gasteiger partial charge in [0, 0.05) is 17.8 Å². The number of aromatic amines is 1. The minimum Gasteiger partial charge on any atom is -0.506 e. The quantitative estimate of drug-likeness (QED) is 0.376. The Kier molecular flexibility index (Phi) is 6.13. The lowest BCUT2D eigenvalue weighted by atomic mass is 10.0. The minimum atomic E-state index is -4.92. The van der Waals surface area contributed by atoms with E-state index in [1.54, 1.807) is 36.4 Å². The van der Waals surface area contributed by atoms with Gasteiger partial charge in [-0.15, -0.1) is 10.2 Å². The Labute approximate surface area is 190 Å². The Morgan fingerprint density at radius 1 is 1.15 bits per heavy atom. The van der Waals surface area contributed by atoms with Gasteiger partial charge in [-0.1, -0.05) is 12.1 Å². The van der Waals surface area contributed by atoms with Crippen molar-refractivity contribution in [3.8, 4) is 34.5 Å². The van der Waals surface area contributed by atoms with Crippen LogP contribution in [-0.4, -0.2) is 36.5 Å². The van der Waals surface area contributed by atoms with Crippen LogP contribution in [-0.2, 0) is 12.8 Å². The number of hydrogen-bond acceptors (Lipinski definition) is 8. The van der Waals surface area contributed by atoms with E-state index in [9.17, 15) is 23.1 Å². The summed E-state index contributed by atoms with van der Waals surface area (Å²) in [5, 5.41) is 23.5. The number of aromatic nitrogens is 5. The molecule has 0 saturated carbocycles. The van der Waals surface area contributed by atoms with Gasteiger partial charge in [-0.2, -0.15) is 18.4 Å². The average Bonchev–Trinajstić information content (AvgIpc) is 3.32. The molecule has 2 aromatic heterocycles. The van der Waals surface area contributed by atoms with Crippen LogP contribution in [0.3, 0.4) is 0 Å². The van der Waals surface area contributed by atoms with Crippen LogP contribution in [0.15, 0.2) is 54.7 Å². The maximum atomic E-state index is 13.5. The van der Waals surface area contributed by atoms with Crippen molar-refractivity contribution in [2.45, 2.75) is 19.7 Å². The molecule has 0 bridgehead atoms. The third-order valence-corrected chi connectivity index (χ3v) is 4.66. The van der Waals surface area contributed by atoms with Gasteiger partial charge in [0.2, 0.25) is 11.7 Å². The molecule has 0 aliphatic heterocycles. The number of phenols is 1. The number of hydrogen-bond donors (Lipinski definition) is 2. The zero-order chi connectivity index (χ0) is 24.3. The van der Waals surface area contributed by atoms with Crippen LogP contribution in [0, 0.1) is 0 Å². The third kappa shape index (κ3) is 4.95. The van der Waals surface area contributed by atoms with Crippen molar-refractivity contribution >= 4 is 5.78 Å². The number of aromatic hydroxyl groups is 1. The van der Waals surface area contributed by atoms with E-state index in [-0.39, 0.29) is 12.5 Å². The van der Waals surface area contributed by atoms with E-state index in [0.717, 1.165) is 19.1 Å². The zero-order valence-corrected chi connectivity index (χ0v) is 17.5. The molecule has 0 unspecified atom stereocenters. The molecule has 9 nitrogen and oxygen atoms in total. The van der Waals surface area contributed by atoms with Gasteiger partial charge in [-0.05, 0) is 48.0 Å². The van der Waals surface area contributed by atoms with E-state index in [0.29, 0.717) is 22.7 Å². The Morgan fingerprint density at radius 2 is 1.97 bits per heavy atom. The second-order valence-corrected chi connectivity index (χ2v) is 7.05. The summed E-state index contributed by atoms with van der Waals surface area (Å²) >= 11 is 0. The average molecular weight is 471 g/mol. The molecule has 34 heavy (non-hydrogen) atoms. The summed E-state index contributed by atoms with van der Waals surface area (Å²) in [6.07, 6.45) is -3.42. The van der Waals surface area contributed by atoms with Gasteiger partial charge >= 0.3 is 6.18 Å². The van der Waals surface area contributed by atoms with Crippen molar-refractivity contribution in [2.24, 2.45) is 0 Å². The standard InChI is InChI=1S/C22H16F3N5O4/c1-12(31)16-6-7-17(19(20(16)32)22(23,24)25)33-11-13-3-2-4-15(9-13)34-18-8-5-14(10-26-18)21-27-29-30-28-21/h2-10,32H,11H2,1H3,(H,27,28,29,30). The summed E-state index contributed by atoms with van der Waals surface area (Å²) in [6.45, 7) is 0.818. The molecular weight excluding hydrogens is 455 g/mol. The van der Waals surface area contributed by atoms with Gasteiger partial charge in [0.05, 0.1) is 5.56 Å². The number of carbonyl (C=O) groups excluding carboxylic acids is 1. The molecule has 174 valence electrons. The van der Waals surface area contributed by atoms with Crippen LogP contribution in [0.25, 0.3) is 11.4 Å². The third-order valence-electron chi connectivity index (χ3n) is 4.66. The van der Waals surface area contributed by atoms with E-state index in [4.69, 9.17) is 9.47 Å². The molecule has 0 fully saturated rings. The van der Waals surface area contributed by atoms with Gasteiger partial charge < -0.3 is 14.6 Å². The number of tetrazole rings is 1. The zero-order valence-electron chi connectivity index (χ0n) is 17.5. The number of phenolic OH excluding ortho intramolecular Hbond substituents is 1. The second-order valence-electron chi connectivity index (χ2n) is 7.05. The van der Waals surface area contributed by atoms with E-state index >= 15 is 0 Å². The first-order valence-corrected chi connectivity index (χ1v) is 9.76. The topological polar surface area (TPSA) is 123 Å². The van der Waals surface area contributed by atoms with Gasteiger partial charge in [-0.3, -0.25) is 4.79 Å². The SMILES string of the molecule is CC(=O)c1ccc(OCc2cccc(Oc3ccc(-c4nn[nH]n4)cn3)c2)c(C(F)(F)F)c1O. The summed E-state index contributed by atoms with van der Waals surface area (Å²) < 4.78 is 51.6. The maximum absolute atomic E-state index is 13.5. The summed E-state index contributed by atoms with van der Waals surface area (Å²) in [7, 11) is 0. The number of Topliss-reactive ketones (excluding diaryl/α,β-unsaturated/α-hetero) is 1. The summed E-state index contributed by atoms with van der Waals surface area (Å²) in [4.78, 5) is 15.7. The molecule has 2 heterocycles. The Hall–Kier alpha value is -4.48. The van der Waals surface area contributed by atoms with Crippen molar-refractivity contribution in [3.05, 3.63) is 71.4 Å². The van der Waals surface area contributed by atoms with Crippen LogP contribution in [0.5, 0.6) is 23.1 Å². The van der Waals surface area contributed by atoms with Gasteiger partial charge in [0.25, 0.3) is 0 Å². The molecule has 4 aromatic rings. The predicted octanol–water partition coefficient (Wildman–Crippen LogP) is 4.56. The molecule has 12 heteroatoms. The first kappa shape index (κ1) is 22.7. The van der Waals surface area contributed by atoms with E-state index in [1.165, 1.54) is 6.20 Å². The fraction of sp³-hybridized carbons (Fsp3) is 0.136. The molecule has 0 aliphatic carbocycles. The Morgan fingerprint density at radius 3 is 2.62 bits per heavy atom. The molecule has 0 saturated heterocycles. The normalized spacial score (nSPS) is 11.3. The number of carbonyl (C=O) groups is 1. The first-order chi connectivity index (χ1) is 16.2. The molecule has 0 atom stereocenters. The highest BCUT2D eigenvalue weighted by Gasteiger charge is 2.39. The highest BCUT2D eigenvalue weighted by Crippen LogP contribution is 2.44. The van der Waals surface area contributed by atoms with Crippen LogP contribution >= 0.6 is 0 Å². The highest BCUT2D eigenvalue weighted by molar-refractivity contribution is 5.97. The van der Waals surface area contributed by atoms with Crippen molar-refractivity contribution in [2.75, 3.05) is 0 Å². The number of benzene rings is 2. The van der Waals surface area contributed by atoms with Gasteiger partial charge in [-0.25, -0.2) is 4.98 Å². The Bertz CT molecular complexity index is 1310. The van der Waals surface area contributed by atoms with Crippen molar-refractivity contribution in [3.63, 3.8) is 0 Å². The first-order valence-electron chi connectivity index (χ1n) is 9.76. The fourth-order valence-corrected chi connectivity index (χ4v) is 3.09. The van der Waals surface area contributed by atoms with E-state index < -0.39 is 34.6 Å². The number of ether oxygens (including phenoxy) is 2. The molecule has 2 aromatic carbocycles. The lowest BCUT2D eigenvalue weighted by molar-refractivity contribution is -0.140. The molecule has 2 N–H and O–H groups in total. The molecule has 0 radical (unpaired) electrons. The lowest BCUT2D eigenvalue weighted by Crippen LogP contribution is -2.11. The van der Waals surface area contributed by atoms with Crippen LogP contribution in [0.2, 0.25) is 0 Å². The molecule has 0 spiro atoms. The molecular formula is C22H16F3N5O4. The van der Waals surface area contributed by atoms with Crippen molar-refractivity contribution in [1.29, 1.82) is 0 Å². The van der Waals surface area contributed by atoms with Gasteiger partial charge in [0.15, 0.2) is 5.78 Å². The monoisotopic (exact) mass is 471 g/mol. The number of pyridine rings is 1. The number of nitrogens with one attached hydrogen (secondary N) is 1. The second kappa shape index (κ2) is 9.17. The number of halogens is 3. The molecule has 4 rings (SSSR count). The molecule has 0 amide bonds. The lowest BCUT2D eigenvalue weighted by Gasteiger charge is -2.17. The van der Waals surface area contributed by atoms with Crippen molar-refractivity contribution < 1.29 is 32.5 Å². The summed E-state index contributed by atoms with van der Waals surface area (Å²) in [5.41, 5.74) is -0.710. The van der Waals surface area contributed by atoms with Crippen LogP contribution in [0.4, 0.5) is 13.2 Å². The minimum absolute atomic E-state index is 0.247. The smallest absolute Gasteiger partial charge is 0.423 e. The van der Waals surface area contributed by atoms with Crippen LogP contribution in [0.1, 0.15) is 28.4 Å². The van der Waals surface area contributed by atoms with Crippen molar-refractivity contribution in [1.82, 2.24) is 25.6 Å². The predicted molar refractivity (Wildman–Crippen MR) is 111 cm³/mol. The summed E-state index contributed by atoms with van der Waals surface area (Å²) in [5.74, 6) is -1.43. The van der Waals surface area contributed by atoms with E-state index in [1.807, 2.05) is 0 Å². The van der Waals surface area contributed by atoms with Crippen LogP contribution < -0.4 is 9.47 Å². The number of ketones is 1. The fourth-order valence-electron chi connectivity index (χ4n) is 3.09. The maximum Gasteiger partial charge on any atom is 0.423 e. The number of alkyl halides is 3. The Balaban J connectivity index is 1.49. The number of H-pyrrole nitrogens is 1. The number of rotatable bonds is 7. The highest BCUT2D eigenvalue weighted by atomic mass is 19.4. The summed E-state index contributed by atoms with van der Waals surface area (Å²) in [6, 6.07) is 11.9. The molecule has 0 aliphatic rings. The number of nitrogens with zero attached hydrogens (tertiary/aromatic N) is 4.